The number of para-hydroxylation sites is 1. The first-order chi connectivity index (χ1) is 5.92. The van der Waals surface area contributed by atoms with Gasteiger partial charge in [-0.25, -0.2) is 0 Å². The highest BCUT2D eigenvalue weighted by Crippen LogP contribution is 2.06. The van der Waals surface area contributed by atoms with Crippen molar-refractivity contribution in [1.29, 1.82) is 0 Å². The van der Waals surface area contributed by atoms with E-state index in [0.717, 1.165) is 16.1 Å². The molecule has 0 fully saturated rings. The Bertz CT molecular complexity index is 397. The Morgan fingerprint density at radius 2 is 2.00 bits per heavy atom. The van der Waals surface area contributed by atoms with E-state index in [1.54, 1.807) is 6.20 Å². The fourth-order valence-corrected chi connectivity index (χ4v) is 1.98. The second-order valence-corrected chi connectivity index (χ2v) is 3.73. The molecule has 1 N–H and O–H groups in total. The Kier molecular flexibility index (Phi) is 1.89. The van der Waals surface area contributed by atoms with E-state index >= 15 is 0 Å². The van der Waals surface area contributed by atoms with Crippen molar-refractivity contribution < 1.29 is 4.80 Å². The Morgan fingerprint density at radius 1 is 1.17 bits per heavy atom. The second kappa shape index (κ2) is 3.04. The van der Waals surface area contributed by atoms with Gasteiger partial charge < -0.3 is 4.80 Å². The fourth-order valence-electron chi connectivity index (χ4n) is 1.29. The minimum Gasteiger partial charge on any atom is -0.433 e. The molecule has 0 saturated carbocycles. The number of benzene rings is 1. The molecule has 0 saturated heterocycles. The van der Waals surface area contributed by atoms with Gasteiger partial charge in [0.25, 0.3) is 0 Å². The Labute approximate surface area is 72.8 Å². The largest absolute Gasteiger partial charge is 0.433 e. The van der Waals surface area contributed by atoms with Crippen LogP contribution in [0, 0.1) is 0 Å². The number of hydrogen-bond acceptors (Lipinski definition) is 2. The Balaban J connectivity index is 2.79. The molecular weight excluding hydrogens is 166 g/mol. The van der Waals surface area contributed by atoms with Crippen LogP contribution in [-0.4, -0.2) is 19.5 Å². The molecule has 1 aromatic carbocycles. The summed E-state index contributed by atoms with van der Waals surface area (Å²) < 4.78 is 0. The highest BCUT2D eigenvalue weighted by atomic mass is 28.2. The SMILES string of the molecule is O[SiH2]c1cccc2cccnc12. The summed E-state index contributed by atoms with van der Waals surface area (Å²) >= 11 is 0. The van der Waals surface area contributed by atoms with Crippen LogP contribution in [0.5, 0.6) is 0 Å². The van der Waals surface area contributed by atoms with Gasteiger partial charge in [0.05, 0.1) is 5.52 Å². The van der Waals surface area contributed by atoms with Crippen molar-refractivity contribution in [2.75, 3.05) is 0 Å². The first-order valence-electron chi connectivity index (χ1n) is 3.85. The molecule has 0 radical (unpaired) electrons. The van der Waals surface area contributed by atoms with Crippen molar-refractivity contribution >= 4 is 25.9 Å². The number of rotatable bonds is 1. The highest BCUT2D eigenvalue weighted by Gasteiger charge is 1.98. The maximum absolute atomic E-state index is 9.13. The quantitative estimate of drug-likeness (QED) is 0.616. The molecule has 0 atom stereocenters. The van der Waals surface area contributed by atoms with E-state index in [2.05, 4.69) is 4.98 Å². The van der Waals surface area contributed by atoms with E-state index < -0.39 is 9.76 Å². The third kappa shape index (κ3) is 1.13. The van der Waals surface area contributed by atoms with Crippen LogP contribution in [0.4, 0.5) is 0 Å². The van der Waals surface area contributed by atoms with E-state index in [-0.39, 0.29) is 0 Å². The van der Waals surface area contributed by atoms with E-state index in [1.807, 2.05) is 30.3 Å². The van der Waals surface area contributed by atoms with E-state index in [4.69, 9.17) is 4.80 Å². The molecule has 0 aliphatic heterocycles. The van der Waals surface area contributed by atoms with Crippen molar-refractivity contribution in [2.45, 2.75) is 0 Å². The Hall–Kier alpha value is -1.19. The van der Waals surface area contributed by atoms with Crippen LogP contribution in [0.25, 0.3) is 10.9 Å². The van der Waals surface area contributed by atoms with Crippen LogP contribution in [0.15, 0.2) is 36.5 Å². The van der Waals surface area contributed by atoms with Crippen LogP contribution >= 0.6 is 0 Å². The van der Waals surface area contributed by atoms with Crippen molar-refractivity contribution in [2.24, 2.45) is 0 Å². The van der Waals surface area contributed by atoms with Gasteiger partial charge in [-0.3, -0.25) is 4.98 Å². The van der Waals surface area contributed by atoms with Crippen molar-refractivity contribution in [3.63, 3.8) is 0 Å². The smallest absolute Gasteiger partial charge is 0.190 e. The summed E-state index contributed by atoms with van der Waals surface area (Å²) in [7, 11) is -1.09. The Morgan fingerprint density at radius 3 is 2.83 bits per heavy atom. The zero-order valence-corrected chi connectivity index (χ0v) is 7.98. The maximum Gasteiger partial charge on any atom is 0.190 e. The first kappa shape index (κ1) is 7.46. The second-order valence-electron chi connectivity index (χ2n) is 2.65. The third-order valence-electron chi connectivity index (χ3n) is 1.89. The summed E-state index contributed by atoms with van der Waals surface area (Å²) in [5, 5.41) is 2.13. The number of pyridine rings is 1. The minimum absolute atomic E-state index is 0.953. The van der Waals surface area contributed by atoms with Crippen molar-refractivity contribution in [3.05, 3.63) is 36.5 Å². The number of hydrogen-bond donors (Lipinski definition) is 1. The van der Waals surface area contributed by atoms with Crippen molar-refractivity contribution in [1.82, 2.24) is 4.98 Å². The monoisotopic (exact) mass is 175 g/mol. The van der Waals surface area contributed by atoms with Gasteiger partial charge >= 0.3 is 0 Å². The van der Waals surface area contributed by atoms with Crippen LogP contribution in [0.3, 0.4) is 0 Å². The average molecular weight is 175 g/mol. The maximum atomic E-state index is 9.13. The lowest BCUT2D eigenvalue weighted by Gasteiger charge is -2.00. The van der Waals surface area contributed by atoms with Gasteiger partial charge in [0, 0.05) is 11.6 Å². The summed E-state index contributed by atoms with van der Waals surface area (Å²) in [4.78, 5) is 13.4. The molecule has 60 valence electrons. The zero-order chi connectivity index (χ0) is 8.39. The highest BCUT2D eigenvalue weighted by molar-refractivity contribution is 6.49. The molecule has 0 spiro atoms. The third-order valence-corrected chi connectivity index (χ3v) is 2.80. The van der Waals surface area contributed by atoms with Crippen LogP contribution in [0.1, 0.15) is 0 Å². The molecule has 1 heterocycles. The van der Waals surface area contributed by atoms with Gasteiger partial charge in [-0.1, -0.05) is 24.3 Å². The molecule has 0 unspecified atom stereocenters. The average Bonchev–Trinajstić information content (AvgIpc) is 2.17. The van der Waals surface area contributed by atoms with E-state index in [1.165, 1.54) is 0 Å². The summed E-state index contributed by atoms with van der Waals surface area (Å²) in [5.74, 6) is 0. The predicted molar refractivity (Wildman–Crippen MR) is 52.1 cm³/mol. The molecule has 3 heteroatoms. The van der Waals surface area contributed by atoms with Gasteiger partial charge in [0.1, 0.15) is 0 Å². The van der Waals surface area contributed by atoms with Gasteiger partial charge in [-0.15, -0.1) is 0 Å². The van der Waals surface area contributed by atoms with Gasteiger partial charge in [0.15, 0.2) is 9.76 Å². The first-order valence-corrected chi connectivity index (χ1v) is 5.19. The minimum atomic E-state index is -1.09. The molecule has 0 aliphatic rings. The van der Waals surface area contributed by atoms with Gasteiger partial charge in [-0.05, 0) is 11.3 Å². The summed E-state index contributed by atoms with van der Waals surface area (Å²) in [5.41, 5.74) is 0.953. The molecule has 12 heavy (non-hydrogen) atoms. The fraction of sp³-hybridized carbons (Fsp3) is 0. The molecule has 1 aromatic heterocycles. The zero-order valence-electron chi connectivity index (χ0n) is 6.57. The topological polar surface area (TPSA) is 33.1 Å². The lowest BCUT2D eigenvalue weighted by Crippen LogP contribution is -2.14. The van der Waals surface area contributed by atoms with E-state index in [0.29, 0.717) is 0 Å². The van der Waals surface area contributed by atoms with Gasteiger partial charge in [-0.2, -0.15) is 0 Å². The molecule has 2 aromatic rings. The number of aromatic nitrogens is 1. The molecule has 0 aliphatic carbocycles. The lowest BCUT2D eigenvalue weighted by molar-refractivity contribution is 0.615. The molecule has 0 bridgehead atoms. The standard InChI is InChI=1S/C9H9NOSi/c11-12-8-5-1-3-7-4-2-6-10-9(7)8/h1-6,11H,12H2. The summed E-state index contributed by atoms with van der Waals surface area (Å²) in [6.07, 6.45) is 1.76. The van der Waals surface area contributed by atoms with Crippen LogP contribution < -0.4 is 5.19 Å². The van der Waals surface area contributed by atoms with E-state index in [9.17, 15) is 0 Å². The molecular formula is C9H9NOSi. The molecule has 2 nitrogen and oxygen atoms in total. The van der Waals surface area contributed by atoms with Crippen LogP contribution in [0.2, 0.25) is 0 Å². The number of fused-ring (bicyclic) bond motifs is 1. The number of nitrogens with zero attached hydrogens (tertiary/aromatic N) is 1. The summed E-state index contributed by atoms with van der Waals surface area (Å²) in [6, 6.07) is 9.83. The van der Waals surface area contributed by atoms with Crippen LogP contribution in [-0.2, 0) is 0 Å². The van der Waals surface area contributed by atoms with Crippen molar-refractivity contribution in [3.8, 4) is 0 Å². The normalized spacial score (nSPS) is 11.4. The molecule has 0 amide bonds. The molecule has 2 rings (SSSR count). The lowest BCUT2D eigenvalue weighted by atomic mass is 10.2. The summed E-state index contributed by atoms with van der Waals surface area (Å²) in [6.45, 7) is 0. The van der Waals surface area contributed by atoms with Gasteiger partial charge in [0.2, 0.25) is 0 Å². The predicted octanol–water partition coefficient (Wildman–Crippen LogP) is -0.0638.